The van der Waals surface area contributed by atoms with Gasteiger partial charge in [-0.1, -0.05) is 11.6 Å². The first-order valence-corrected chi connectivity index (χ1v) is 6.19. The molecule has 86 valence electrons. The zero-order valence-electron chi connectivity index (χ0n) is 9.35. The first-order chi connectivity index (χ1) is 7.61. The normalized spacial score (nSPS) is 21.1. The van der Waals surface area contributed by atoms with Gasteiger partial charge in [0, 0.05) is 5.56 Å². The van der Waals surface area contributed by atoms with Crippen LogP contribution in [0, 0.1) is 6.92 Å². The predicted octanol–water partition coefficient (Wildman–Crippen LogP) is 3.60. The molecule has 1 fully saturated rings. The van der Waals surface area contributed by atoms with E-state index in [1.165, 1.54) is 6.42 Å². The maximum Gasteiger partial charge on any atom is 0.134 e. The summed E-state index contributed by atoms with van der Waals surface area (Å²) in [6.07, 6.45) is 5.53. The van der Waals surface area contributed by atoms with E-state index in [9.17, 15) is 5.11 Å². The Bertz CT molecular complexity index is 450. The maximum atomic E-state index is 9.67. The lowest BCUT2D eigenvalue weighted by molar-refractivity contribution is -0.0255. The summed E-state index contributed by atoms with van der Waals surface area (Å²) in [6.45, 7) is 1.96. The van der Waals surface area contributed by atoms with Crippen LogP contribution in [0.5, 0.6) is 11.5 Å². The molecule has 1 heterocycles. The summed E-state index contributed by atoms with van der Waals surface area (Å²) in [6, 6.07) is 1.69. The SMILES string of the molecule is Cc1cc(O)c(Cl)c2c1OC1(CCC1)CC2. The highest BCUT2D eigenvalue weighted by molar-refractivity contribution is 6.33. The summed E-state index contributed by atoms with van der Waals surface area (Å²) < 4.78 is 6.13. The van der Waals surface area contributed by atoms with Gasteiger partial charge in [-0.15, -0.1) is 0 Å². The van der Waals surface area contributed by atoms with Crippen LogP contribution in [0.3, 0.4) is 0 Å². The summed E-state index contributed by atoms with van der Waals surface area (Å²) in [7, 11) is 0. The zero-order chi connectivity index (χ0) is 11.3. The summed E-state index contributed by atoms with van der Waals surface area (Å²) >= 11 is 6.11. The molecule has 2 aliphatic rings. The van der Waals surface area contributed by atoms with Gasteiger partial charge in [0.25, 0.3) is 0 Å². The molecule has 1 aromatic rings. The van der Waals surface area contributed by atoms with E-state index in [2.05, 4.69) is 0 Å². The molecule has 1 N–H and O–H groups in total. The van der Waals surface area contributed by atoms with Crippen molar-refractivity contribution in [2.24, 2.45) is 0 Å². The van der Waals surface area contributed by atoms with E-state index in [-0.39, 0.29) is 11.4 Å². The van der Waals surface area contributed by atoms with Crippen LogP contribution in [-0.4, -0.2) is 10.7 Å². The van der Waals surface area contributed by atoms with Crippen LogP contribution in [0.25, 0.3) is 0 Å². The van der Waals surface area contributed by atoms with Crippen LogP contribution < -0.4 is 4.74 Å². The van der Waals surface area contributed by atoms with E-state index >= 15 is 0 Å². The van der Waals surface area contributed by atoms with Crippen LogP contribution in [0.15, 0.2) is 6.07 Å². The minimum Gasteiger partial charge on any atom is -0.506 e. The van der Waals surface area contributed by atoms with Gasteiger partial charge in [-0.2, -0.15) is 0 Å². The van der Waals surface area contributed by atoms with Crippen molar-refractivity contribution in [1.29, 1.82) is 0 Å². The lowest BCUT2D eigenvalue weighted by Gasteiger charge is -2.46. The third kappa shape index (κ3) is 1.32. The second-order valence-electron chi connectivity index (χ2n) is 4.97. The molecule has 0 unspecified atom stereocenters. The van der Waals surface area contributed by atoms with Crippen molar-refractivity contribution in [3.63, 3.8) is 0 Å². The van der Waals surface area contributed by atoms with E-state index in [1.807, 2.05) is 6.92 Å². The van der Waals surface area contributed by atoms with Crippen molar-refractivity contribution in [1.82, 2.24) is 0 Å². The zero-order valence-corrected chi connectivity index (χ0v) is 10.1. The van der Waals surface area contributed by atoms with Gasteiger partial charge < -0.3 is 9.84 Å². The number of aryl methyl sites for hydroxylation is 1. The van der Waals surface area contributed by atoms with Gasteiger partial charge in [-0.05, 0) is 50.7 Å². The highest BCUT2D eigenvalue weighted by Crippen LogP contribution is 2.49. The fourth-order valence-corrected chi connectivity index (χ4v) is 2.97. The molecule has 1 aliphatic heterocycles. The van der Waals surface area contributed by atoms with Gasteiger partial charge in [0.05, 0.1) is 5.02 Å². The summed E-state index contributed by atoms with van der Waals surface area (Å²) in [5.74, 6) is 1.08. The van der Waals surface area contributed by atoms with Crippen LogP contribution in [0.4, 0.5) is 0 Å². The van der Waals surface area contributed by atoms with Gasteiger partial charge in [0.2, 0.25) is 0 Å². The molecule has 3 rings (SSSR count). The molecular formula is C13H15ClO2. The first-order valence-electron chi connectivity index (χ1n) is 5.81. The highest BCUT2D eigenvalue weighted by Gasteiger charge is 2.42. The number of benzene rings is 1. The lowest BCUT2D eigenvalue weighted by Crippen LogP contribution is -2.45. The number of ether oxygens (including phenoxy) is 1. The van der Waals surface area contributed by atoms with E-state index < -0.39 is 0 Å². The Morgan fingerprint density at radius 2 is 2.12 bits per heavy atom. The van der Waals surface area contributed by atoms with Crippen LogP contribution in [-0.2, 0) is 6.42 Å². The molecule has 1 aliphatic carbocycles. The monoisotopic (exact) mass is 238 g/mol. The quantitative estimate of drug-likeness (QED) is 0.748. The first kappa shape index (κ1) is 10.3. The lowest BCUT2D eigenvalue weighted by atomic mass is 9.74. The molecule has 0 atom stereocenters. The molecule has 16 heavy (non-hydrogen) atoms. The fraction of sp³-hybridized carbons (Fsp3) is 0.538. The molecular weight excluding hydrogens is 224 g/mol. The number of halogens is 1. The van der Waals surface area contributed by atoms with Gasteiger partial charge in [-0.3, -0.25) is 0 Å². The maximum absolute atomic E-state index is 9.67. The van der Waals surface area contributed by atoms with Gasteiger partial charge in [0.1, 0.15) is 17.1 Å². The third-order valence-corrected chi connectivity index (χ3v) is 4.31. The van der Waals surface area contributed by atoms with Crippen LogP contribution in [0.2, 0.25) is 5.02 Å². The number of phenolic OH excluding ortho intramolecular Hbond substituents is 1. The Hall–Kier alpha value is -0.890. The van der Waals surface area contributed by atoms with Crippen molar-refractivity contribution in [2.45, 2.75) is 44.6 Å². The van der Waals surface area contributed by atoms with E-state index in [4.69, 9.17) is 16.3 Å². The average Bonchev–Trinajstić information content (AvgIpc) is 2.23. The smallest absolute Gasteiger partial charge is 0.134 e. The Labute approximate surface area is 100 Å². The average molecular weight is 239 g/mol. The molecule has 1 spiro atoms. The fourth-order valence-electron chi connectivity index (χ4n) is 2.74. The second-order valence-corrected chi connectivity index (χ2v) is 5.35. The molecule has 0 amide bonds. The van der Waals surface area contributed by atoms with Crippen LogP contribution in [0.1, 0.15) is 36.8 Å². The van der Waals surface area contributed by atoms with Crippen molar-refractivity contribution >= 4 is 11.6 Å². The third-order valence-electron chi connectivity index (χ3n) is 3.89. The van der Waals surface area contributed by atoms with Gasteiger partial charge in [0.15, 0.2) is 0 Å². The van der Waals surface area contributed by atoms with Crippen molar-refractivity contribution < 1.29 is 9.84 Å². The van der Waals surface area contributed by atoms with E-state index in [0.717, 1.165) is 42.6 Å². The standard InChI is InChI=1S/C13H15ClO2/c1-8-7-10(15)11(14)9-3-6-13(4-2-5-13)16-12(8)9/h7,15H,2-6H2,1H3. The number of fused-ring (bicyclic) bond motifs is 1. The predicted molar refractivity (Wildman–Crippen MR) is 63.4 cm³/mol. The molecule has 2 nitrogen and oxygen atoms in total. The molecule has 1 saturated carbocycles. The van der Waals surface area contributed by atoms with Gasteiger partial charge in [-0.25, -0.2) is 0 Å². The Balaban J connectivity index is 2.07. The number of rotatable bonds is 0. The number of hydrogen-bond donors (Lipinski definition) is 1. The Morgan fingerprint density at radius 3 is 2.75 bits per heavy atom. The Morgan fingerprint density at radius 1 is 1.38 bits per heavy atom. The van der Waals surface area contributed by atoms with E-state index in [1.54, 1.807) is 6.07 Å². The summed E-state index contributed by atoms with van der Waals surface area (Å²) in [4.78, 5) is 0. The van der Waals surface area contributed by atoms with Crippen LogP contribution >= 0.6 is 11.6 Å². The molecule has 0 aromatic heterocycles. The summed E-state index contributed by atoms with van der Waals surface area (Å²) in [5.41, 5.74) is 2.05. The molecule has 0 bridgehead atoms. The molecule has 0 saturated heterocycles. The number of aromatic hydroxyl groups is 1. The number of phenols is 1. The van der Waals surface area contributed by atoms with Gasteiger partial charge >= 0.3 is 0 Å². The topological polar surface area (TPSA) is 29.5 Å². The van der Waals surface area contributed by atoms with Crippen molar-refractivity contribution in [3.8, 4) is 11.5 Å². The van der Waals surface area contributed by atoms with Crippen molar-refractivity contribution in [2.75, 3.05) is 0 Å². The highest BCUT2D eigenvalue weighted by atomic mass is 35.5. The largest absolute Gasteiger partial charge is 0.506 e. The number of hydrogen-bond acceptors (Lipinski definition) is 2. The van der Waals surface area contributed by atoms with Crippen molar-refractivity contribution in [3.05, 3.63) is 22.2 Å². The minimum atomic E-state index is 0.0814. The molecule has 0 radical (unpaired) electrons. The second kappa shape index (κ2) is 3.30. The minimum absolute atomic E-state index is 0.0814. The van der Waals surface area contributed by atoms with E-state index in [0.29, 0.717) is 5.02 Å². The molecule has 1 aromatic carbocycles. The molecule has 3 heteroatoms. The summed E-state index contributed by atoms with van der Waals surface area (Å²) in [5, 5.41) is 10.1. The Kier molecular flexibility index (Phi) is 2.12.